The first-order chi connectivity index (χ1) is 14.1. The molecule has 0 saturated carbocycles. The van der Waals surface area contributed by atoms with E-state index in [-0.39, 0.29) is 11.9 Å². The number of hydrogen-bond acceptors (Lipinski definition) is 5. The second-order valence-corrected chi connectivity index (χ2v) is 7.52. The smallest absolute Gasteiger partial charge is 0.245 e. The van der Waals surface area contributed by atoms with E-state index in [2.05, 4.69) is 44.9 Å². The first-order valence-corrected chi connectivity index (χ1v) is 10.1. The van der Waals surface area contributed by atoms with Crippen molar-refractivity contribution >= 4 is 11.7 Å². The van der Waals surface area contributed by atoms with E-state index in [0.717, 1.165) is 43.7 Å². The number of hydrogen-bond donors (Lipinski definition) is 1. The fourth-order valence-corrected chi connectivity index (χ4v) is 3.77. The molecule has 7 nitrogen and oxygen atoms in total. The molecule has 1 saturated heterocycles. The van der Waals surface area contributed by atoms with Crippen molar-refractivity contribution in [2.45, 2.75) is 39.2 Å². The summed E-state index contributed by atoms with van der Waals surface area (Å²) < 4.78 is 1.77. The van der Waals surface area contributed by atoms with Crippen molar-refractivity contribution in [2.75, 3.05) is 18.4 Å². The Hall–Kier alpha value is -3.22. The molecular weight excluding hydrogens is 364 g/mol. The number of carbonyl (C=O) groups is 1. The number of nitrogens with one attached hydrogen (secondary N) is 1. The molecule has 3 aromatic rings. The van der Waals surface area contributed by atoms with Gasteiger partial charge in [-0.25, -0.2) is 4.68 Å². The highest BCUT2D eigenvalue weighted by molar-refractivity contribution is 5.86. The van der Waals surface area contributed by atoms with Crippen LogP contribution >= 0.6 is 0 Å². The second-order valence-electron chi connectivity index (χ2n) is 7.52. The molecule has 1 amide bonds. The lowest BCUT2D eigenvalue weighted by atomic mass is 10.1. The Balaban J connectivity index is 1.30. The van der Waals surface area contributed by atoms with Crippen LogP contribution in [0.2, 0.25) is 0 Å². The molecule has 29 heavy (non-hydrogen) atoms. The Labute approximate surface area is 170 Å². The van der Waals surface area contributed by atoms with E-state index in [4.69, 9.17) is 0 Å². The lowest BCUT2D eigenvalue weighted by molar-refractivity contribution is -0.128. The van der Waals surface area contributed by atoms with E-state index >= 15 is 0 Å². The molecule has 3 heterocycles. The van der Waals surface area contributed by atoms with Crippen LogP contribution in [0.5, 0.6) is 0 Å². The molecule has 7 heteroatoms. The molecule has 1 aliphatic heterocycles. The maximum atomic E-state index is 12.7. The van der Waals surface area contributed by atoms with Crippen LogP contribution in [0.1, 0.15) is 29.8 Å². The van der Waals surface area contributed by atoms with E-state index in [1.54, 1.807) is 4.68 Å². The molecule has 0 spiro atoms. The van der Waals surface area contributed by atoms with Crippen LogP contribution in [-0.2, 0) is 11.2 Å². The zero-order valence-electron chi connectivity index (χ0n) is 16.9. The SMILES string of the molecule is Cc1cc(C)n(-c2ccc(NC3CCN(CCCc4ccccc4)C3=O)nn2)n1. The molecule has 1 aliphatic rings. The third-order valence-electron chi connectivity index (χ3n) is 5.23. The molecule has 4 rings (SSSR count). The van der Waals surface area contributed by atoms with E-state index in [1.165, 1.54) is 5.56 Å². The van der Waals surface area contributed by atoms with Gasteiger partial charge >= 0.3 is 0 Å². The standard InChI is InChI=1S/C22H26N6O/c1-16-15-17(2)28(26-16)21-11-10-20(24-25-21)23-19-12-14-27(22(19)29)13-6-9-18-7-4-3-5-8-18/h3-5,7-8,10-11,15,19H,6,9,12-14H2,1-2H3,(H,23,24). The number of aromatic nitrogens is 4. The number of anilines is 1. The van der Waals surface area contributed by atoms with Crippen LogP contribution in [-0.4, -0.2) is 49.9 Å². The Morgan fingerprint density at radius 1 is 1.10 bits per heavy atom. The van der Waals surface area contributed by atoms with Gasteiger partial charge in [0.25, 0.3) is 0 Å². The Morgan fingerprint density at radius 2 is 1.93 bits per heavy atom. The molecule has 1 fully saturated rings. The van der Waals surface area contributed by atoms with Gasteiger partial charge in [0, 0.05) is 18.8 Å². The number of carbonyl (C=O) groups excluding carboxylic acids is 1. The van der Waals surface area contributed by atoms with Crippen LogP contribution in [0.4, 0.5) is 5.82 Å². The van der Waals surface area contributed by atoms with Gasteiger partial charge < -0.3 is 10.2 Å². The topological polar surface area (TPSA) is 75.9 Å². The van der Waals surface area contributed by atoms with Crippen molar-refractivity contribution in [1.82, 2.24) is 24.9 Å². The minimum absolute atomic E-state index is 0.141. The van der Waals surface area contributed by atoms with Crippen LogP contribution in [0.15, 0.2) is 48.5 Å². The number of likely N-dealkylation sites (tertiary alicyclic amines) is 1. The summed E-state index contributed by atoms with van der Waals surface area (Å²) in [6.07, 6.45) is 2.74. The zero-order valence-corrected chi connectivity index (χ0v) is 16.9. The highest BCUT2D eigenvalue weighted by Crippen LogP contribution is 2.17. The Morgan fingerprint density at radius 3 is 2.62 bits per heavy atom. The molecular formula is C22H26N6O. The van der Waals surface area contributed by atoms with Crippen molar-refractivity contribution in [2.24, 2.45) is 0 Å². The molecule has 1 atom stereocenters. The summed E-state index contributed by atoms with van der Waals surface area (Å²) in [6.45, 7) is 5.50. The normalized spacial score (nSPS) is 16.4. The molecule has 0 bridgehead atoms. The van der Waals surface area contributed by atoms with Crippen LogP contribution in [0.25, 0.3) is 5.82 Å². The molecule has 150 valence electrons. The van der Waals surface area contributed by atoms with E-state index < -0.39 is 0 Å². The summed E-state index contributed by atoms with van der Waals surface area (Å²) in [5.41, 5.74) is 3.26. The minimum Gasteiger partial charge on any atom is -0.357 e. The van der Waals surface area contributed by atoms with Crippen LogP contribution in [0.3, 0.4) is 0 Å². The summed E-state index contributed by atoms with van der Waals surface area (Å²) in [6, 6.07) is 15.9. The van der Waals surface area contributed by atoms with Crippen LogP contribution in [0, 0.1) is 13.8 Å². The van der Waals surface area contributed by atoms with Gasteiger partial charge in [0.1, 0.15) is 11.9 Å². The molecule has 1 N–H and O–H groups in total. The number of amides is 1. The van der Waals surface area contributed by atoms with E-state index in [0.29, 0.717) is 11.6 Å². The summed E-state index contributed by atoms with van der Waals surface area (Å²) in [5.74, 6) is 1.42. The average molecular weight is 390 g/mol. The second kappa shape index (κ2) is 8.43. The summed E-state index contributed by atoms with van der Waals surface area (Å²) in [7, 11) is 0. The fraction of sp³-hybridized carbons (Fsp3) is 0.364. The van der Waals surface area contributed by atoms with Crippen molar-refractivity contribution in [3.63, 3.8) is 0 Å². The summed E-state index contributed by atoms with van der Waals surface area (Å²) in [5, 5.41) is 16.1. The average Bonchev–Trinajstić information content (AvgIpc) is 3.25. The molecule has 0 aliphatic carbocycles. The number of aryl methyl sites for hydroxylation is 3. The Bertz CT molecular complexity index is 967. The predicted molar refractivity (Wildman–Crippen MR) is 112 cm³/mol. The van der Waals surface area contributed by atoms with Crippen molar-refractivity contribution in [1.29, 1.82) is 0 Å². The number of benzene rings is 1. The summed E-state index contributed by atoms with van der Waals surface area (Å²) >= 11 is 0. The van der Waals surface area contributed by atoms with Gasteiger partial charge in [-0.2, -0.15) is 5.10 Å². The predicted octanol–water partition coefficient (Wildman–Crippen LogP) is 2.92. The number of nitrogens with zero attached hydrogens (tertiary/aromatic N) is 5. The molecule has 2 aromatic heterocycles. The largest absolute Gasteiger partial charge is 0.357 e. The highest BCUT2D eigenvalue weighted by atomic mass is 16.2. The molecule has 0 radical (unpaired) electrons. The third kappa shape index (κ3) is 4.45. The van der Waals surface area contributed by atoms with Gasteiger partial charge in [0.2, 0.25) is 5.91 Å². The van der Waals surface area contributed by atoms with Crippen LogP contribution < -0.4 is 5.32 Å². The van der Waals surface area contributed by atoms with Gasteiger partial charge in [-0.3, -0.25) is 4.79 Å². The van der Waals surface area contributed by atoms with E-state index in [9.17, 15) is 4.79 Å². The third-order valence-corrected chi connectivity index (χ3v) is 5.23. The lowest BCUT2D eigenvalue weighted by Gasteiger charge is -2.17. The zero-order chi connectivity index (χ0) is 20.2. The maximum absolute atomic E-state index is 12.7. The lowest BCUT2D eigenvalue weighted by Crippen LogP contribution is -2.34. The Kier molecular flexibility index (Phi) is 5.55. The number of rotatable bonds is 7. The van der Waals surface area contributed by atoms with Gasteiger partial charge in [0.15, 0.2) is 5.82 Å². The maximum Gasteiger partial charge on any atom is 0.245 e. The van der Waals surface area contributed by atoms with Gasteiger partial charge in [-0.1, -0.05) is 30.3 Å². The first kappa shape index (κ1) is 19.1. The van der Waals surface area contributed by atoms with Crippen molar-refractivity contribution < 1.29 is 4.79 Å². The quantitative estimate of drug-likeness (QED) is 0.671. The highest BCUT2D eigenvalue weighted by Gasteiger charge is 2.31. The van der Waals surface area contributed by atoms with Gasteiger partial charge in [-0.05, 0) is 56.9 Å². The molecule has 1 aromatic carbocycles. The summed E-state index contributed by atoms with van der Waals surface area (Å²) in [4.78, 5) is 14.6. The van der Waals surface area contributed by atoms with Gasteiger partial charge in [-0.15, -0.1) is 10.2 Å². The monoisotopic (exact) mass is 390 g/mol. The fourth-order valence-electron chi connectivity index (χ4n) is 3.77. The molecule has 1 unspecified atom stereocenters. The van der Waals surface area contributed by atoms with Gasteiger partial charge in [0.05, 0.1) is 5.69 Å². The van der Waals surface area contributed by atoms with Crippen molar-refractivity contribution in [3.8, 4) is 5.82 Å². The first-order valence-electron chi connectivity index (χ1n) is 10.1. The van der Waals surface area contributed by atoms with E-state index in [1.807, 2.05) is 43.0 Å². The van der Waals surface area contributed by atoms with Crippen molar-refractivity contribution in [3.05, 3.63) is 65.5 Å². The minimum atomic E-state index is -0.236.